The summed E-state index contributed by atoms with van der Waals surface area (Å²) in [5, 5.41) is 13.6. The second-order valence-electron chi connectivity index (χ2n) is 4.46. The van der Waals surface area contributed by atoms with Crippen molar-refractivity contribution in [1.29, 1.82) is 0 Å². The molecule has 0 spiro atoms. The first-order chi connectivity index (χ1) is 10.2. The highest BCUT2D eigenvalue weighted by molar-refractivity contribution is 9.12. The second-order valence-corrected chi connectivity index (χ2v) is 5.31. The van der Waals surface area contributed by atoms with Crippen LogP contribution in [0, 0.1) is 0 Å². The minimum Gasteiger partial charge on any atom is -0.477 e. The van der Waals surface area contributed by atoms with Crippen molar-refractivity contribution in [3.63, 3.8) is 0 Å². The molecule has 0 radical (unpaired) electrons. The molecule has 0 unspecified atom stereocenters. The van der Waals surface area contributed by atoms with Crippen molar-refractivity contribution >= 4 is 33.5 Å². The Kier molecular flexibility index (Phi) is 3.58. The fourth-order valence-electron chi connectivity index (χ4n) is 2.16. The van der Waals surface area contributed by atoms with E-state index in [0.29, 0.717) is 0 Å². The van der Waals surface area contributed by atoms with Crippen LogP contribution in [0.15, 0.2) is 59.2 Å². The Morgan fingerprint density at radius 1 is 1.14 bits per heavy atom. The highest BCUT2D eigenvalue weighted by Gasteiger charge is 2.14. The number of carbonyl (C=O) groups is 1. The van der Waals surface area contributed by atoms with Crippen LogP contribution < -0.4 is 0 Å². The number of pyridine rings is 1. The third-order valence-corrected chi connectivity index (χ3v) is 3.67. The number of rotatable bonds is 3. The summed E-state index contributed by atoms with van der Waals surface area (Å²) >= 11 is 3.08. The molecule has 0 saturated heterocycles. The first kappa shape index (κ1) is 13.6. The van der Waals surface area contributed by atoms with Crippen LogP contribution in [0.2, 0.25) is 0 Å². The lowest BCUT2D eigenvalue weighted by Gasteiger charge is -1.99. The van der Waals surface area contributed by atoms with Gasteiger partial charge in [-0.25, -0.2) is 9.31 Å². The highest BCUT2D eigenvalue weighted by Crippen LogP contribution is 2.29. The third kappa shape index (κ3) is 2.60. The van der Waals surface area contributed by atoms with Gasteiger partial charge in [0.25, 0.3) is 0 Å². The number of benzene rings is 1. The van der Waals surface area contributed by atoms with Gasteiger partial charge in [-0.15, -0.1) is 0 Å². The fraction of sp³-hybridized carbons (Fsp3) is 0. The molecule has 21 heavy (non-hydrogen) atoms. The van der Waals surface area contributed by atoms with Gasteiger partial charge in [-0.3, -0.25) is 0 Å². The lowest BCUT2D eigenvalue weighted by molar-refractivity contribution is -0.131. The van der Waals surface area contributed by atoms with Crippen LogP contribution in [0.25, 0.3) is 22.9 Å². The number of carboxylic acids is 1. The average molecular weight is 343 g/mol. The monoisotopic (exact) mass is 342 g/mol. The lowest BCUT2D eigenvalue weighted by atomic mass is 10.1. The van der Waals surface area contributed by atoms with Crippen LogP contribution in [-0.2, 0) is 4.79 Å². The molecule has 2 heterocycles. The normalized spacial score (nSPS) is 11.8. The molecule has 0 fully saturated rings. The summed E-state index contributed by atoms with van der Waals surface area (Å²) in [6.45, 7) is 0. The topological polar surface area (TPSA) is 54.6 Å². The van der Waals surface area contributed by atoms with Gasteiger partial charge >= 0.3 is 5.97 Å². The molecular formula is C16H11BrN2O2. The molecule has 0 aliphatic heterocycles. The summed E-state index contributed by atoms with van der Waals surface area (Å²) in [4.78, 5) is 11.1. The van der Waals surface area contributed by atoms with E-state index in [2.05, 4.69) is 21.0 Å². The zero-order chi connectivity index (χ0) is 14.8. The summed E-state index contributed by atoms with van der Waals surface area (Å²) in [7, 11) is 0. The van der Waals surface area contributed by atoms with Crippen molar-refractivity contribution in [1.82, 2.24) is 9.61 Å². The zero-order valence-electron chi connectivity index (χ0n) is 10.9. The van der Waals surface area contributed by atoms with Crippen molar-refractivity contribution in [3.8, 4) is 11.3 Å². The first-order valence-electron chi connectivity index (χ1n) is 6.30. The van der Waals surface area contributed by atoms with E-state index in [4.69, 9.17) is 5.11 Å². The first-order valence-corrected chi connectivity index (χ1v) is 7.09. The molecule has 0 aliphatic carbocycles. The van der Waals surface area contributed by atoms with Crippen molar-refractivity contribution < 1.29 is 9.90 Å². The molecule has 0 bridgehead atoms. The van der Waals surface area contributed by atoms with E-state index in [1.165, 1.54) is 0 Å². The smallest absolute Gasteiger partial charge is 0.342 e. The maximum atomic E-state index is 11.1. The predicted molar refractivity (Wildman–Crippen MR) is 85.2 cm³/mol. The number of halogens is 1. The number of nitrogens with zero attached hydrogens (tertiary/aromatic N) is 2. The lowest BCUT2D eigenvalue weighted by Crippen LogP contribution is -1.93. The van der Waals surface area contributed by atoms with E-state index in [0.717, 1.165) is 22.3 Å². The van der Waals surface area contributed by atoms with Crippen molar-refractivity contribution in [2.45, 2.75) is 0 Å². The number of hydrogen-bond acceptors (Lipinski definition) is 2. The summed E-state index contributed by atoms with van der Waals surface area (Å²) in [5.74, 6) is -1.01. The van der Waals surface area contributed by atoms with Crippen LogP contribution in [0.5, 0.6) is 0 Å². The number of aromatic nitrogens is 2. The quantitative estimate of drug-likeness (QED) is 0.736. The fourth-order valence-corrected chi connectivity index (χ4v) is 2.39. The molecule has 0 atom stereocenters. The molecular weight excluding hydrogens is 332 g/mol. The number of carboxylic acid groups (broad SMARTS) is 1. The molecule has 0 saturated carbocycles. The van der Waals surface area contributed by atoms with Gasteiger partial charge in [0.05, 0.1) is 5.52 Å². The summed E-state index contributed by atoms with van der Waals surface area (Å²) in [6.07, 6.45) is 3.43. The van der Waals surface area contributed by atoms with Crippen LogP contribution in [0.3, 0.4) is 0 Å². The summed E-state index contributed by atoms with van der Waals surface area (Å²) in [5.41, 5.74) is 3.32. The molecule has 104 valence electrons. The molecule has 3 aromatic rings. The molecule has 0 amide bonds. The highest BCUT2D eigenvalue weighted by atomic mass is 79.9. The number of hydrogen-bond donors (Lipinski definition) is 1. The molecule has 2 aromatic heterocycles. The van der Waals surface area contributed by atoms with Gasteiger partial charge in [0.1, 0.15) is 10.2 Å². The van der Waals surface area contributed by atoms with E-state index in [1.807, 2.05) is 54.7 Å². The van der Waals surface area contributed by atoms with E-state index in [1.54, 1.807) is 10.6 Å². The molecule has 3 rings (SSSR count). The van der Waals surface area contributed by atoms with Gasteiger partial charge in [0.15, 0.2) is 0 Å². The van der Waals surface area contributed by atoms with Crippen molar-refractivity contribution in [2.24, 2.45) is 0 Å². The van der Waals surface area contributed by atoms with Crippen LogP contribution >= 0.6 is 15.9 Å². The maximum Gasteiger partial charge on any atom is 0.342 e. The zero-order valence-corrected chi connectivity index (χ0v) is 12.5. The molecule has 0 aliphatic rings. The predicted octanol–water partition coefficient (Wildman–Crippen LogP) is 3.82. The van der Waals surface area contributed by atoms with Gasteiger partial charge in [0, 0.05) is 17.3 Å². The Labute approximate surface area is 129 Å². The second kappa shape index (κ2) is 5.54. The van der Waals surface area contributed by atoms with E-state index < -0.39 is 5.97 Å². The Morgan fingerprint density at radius 3 is 2.57 bits per heavy atom. The summed E-state index contributed by atoms with van der Waals surface area (Å²) < 4.78 is 1.84. The van der Waals surface area contributed by atoms with Gasteiger partial charge < -0.3 is 5.11 Å². The Morgan fingerprint density at radius 2 is 1.86 bits per heavy atom. The van der Waals surface area contributed by atoms with Gasteiger partial charge in [-0.05, 0) is 34.1 Å². The van der Waals surface area contributed by atoms with E-state index in [-0.39, 0.29) is 4.48 Å². The van der Waals surface area contributed by atoms with Gasteiger partial charge in [-0.1, -0.05) is 36.4 Å². The summed E-state index contributed by atoms with van der Waals surface area (Å²) in [6, 6.07) is 15.4. The van der Waals surface area contributed by atoms with Gasteiger partial charge in [-0.2, -0.15) is 5.10 Å². The maximum absolute atomic E-state index is 11.1. The molecule has 4 nitrogen and oxygen atoms in total. The van der Waals surface area contributed by atoms with Crippen LogP contribution in [0.1, 0.15) is 5.56 Å². The van der Waals surface area contributed by atoms with Gasteiger partial charge in [0.2, 0.25) is 0 Å². The van der Waals surface area contributed by atoms with Crippen LogP contribution in [0.4, 0.5) is 0 Å². The van der Waals surface area contributed by atoms with E-state index in [9.17, 15) is 4.79 Å². The van der Waals surface area contributed by atoms with Crippen molar-refractivity contribution in [2.75, 3.05) is 0 Å². The third-order valence-electron chi connectivity index (χ3n) is 3.10. The molecule has 5 heteroatoms. The largest absolute Gasteiger partial charge is 0.477 e. The SMILES string of the molecule is O=C(O)/C(Br)=C/c1c(-c2ccccc2)nn2ccccc12. The van der Waals surface area contributed by atoms with Crippen LogP contribution in [-0.4, -0.2) is 20.7 Å². The number of aliphatic carboxylic acids is 1. The molecule has 1 N–H and O–H groups in total. The Hall–Kier alpha value is -2.40. The average Bonchev–Trinajstić information content (AvgIpc) is 2.87. The Bertz CT molecular complexity index is 838. The Balaban J connectivity index is 2.29. The minimum atomic E-state index is -1.01. The van der Waals surface area contributed by atoms with E-state index >= 15 is 0 Å². The van der Waals surface area contributed by atoms with Crippen molar-refractivity contribution in [3.05, 3.63) is 64.8 Å². The number of fused-ring (bicyclic) bond motifs is 1. The molecule has 1 aromatic carbocycles. The standard InChI is InChI=1S/C16H11BrN2O2/c17-13(16(20)21)10-12-14-8-4-5-9-19(14)18-15(12)11-6-2-1-3-7-11/h1-10H,(H,20,21)/b13-10-. The minimum absolute atomic E-state index is 0.0958.